The summed E-state index contributed by atoms with van der Waals surface area (Å²) in [7, 11) is 1.48. The van der Waals surface area contributed by atoms with E-state index in [-0.39, 0.29) is 18.2 Å². The topological polar surface area (TPSA) is 96.3 Å². The summed E-state index contributed by atoms with van der Waals surface area (Å²) in [6, 6.07) is 13.8. The molecule has 3 aromatic rings. The molecule has 0 bridgehead atoms. The first kappa shape index (κ1) is 21.3. The predicted molar refractivity (Wildman–Crippen MR) is 113 cm³/mol. The average Bonchev–Trinajstić information content (AvgIpc) is 3.20. The van der Waals surface area contributed by atoms with Crippen molar-refractivity contribution in [3.63, 3.8) is 0 Å². The number of carbonyl (C=O) groups is 1. The van der Waals surface area contributed by atoms with Crippen LogP contribution < -0.4 is 15.2 Å². The molecule has 1 aromatic heterocycles. The lowest BCUT2D eigenvalue weighted by Gasteiger charge is -2.10. The summed E-state index contributed by atoms with van der Waals surface area (Å²) in [5.41, 5.74) is 8.33. The van der Waals surface area contributed by atoms with Gasteiger partial charge >= 0.3 is 5.97 Å². The van der Waals surface area contributed by atoms with E-state index in [0.29, 0.717) is 22.1 Å². The highest BCUT2D eigenvalue weighted by Gasteiger charge is 2.16. The van der Waals surface area contributed by atoms with E-state index in [0.717, 1.165) is 16.9 Å². The van der Waals surface area contributed by atoms with Crippen LogP contribution >= 0.6 is 11.6 Å². The molecule has 0 spiro atoms. The minimum Gasteiger partial charge on any atom is -0.496 e. The second kappa shape index (κ2) is 9.37. The summed E-state index contributed by atoms with van der Waals surface area (Å²) in [5.74, 6) is 0.819. The number of halogens is 1. The number of ether oxygens (including phenoxy) is 2. The van der Waals surface area contributed by atoms with E-state index < -0.39 is 5.97 Å². The Hall–Kier alpha value is -3.45. The van der Waals surface area contributed by atoms with Crippen molar-refractivity contribution >= 4 is 23.4 Å². The summed E-state index contributed by atoms with van der Waals surface area (Å²) in [6.45, 7) is 4.10. The molecule has 3 rings (SSSR count). The Balaban J connectivity index is 1.65. The smallest absolute Gasteiger partial charge is 0.400 e. The number of aryl methyl sites for hydroxylation is 2. The first-order valence-electron chi connectivity index (χ1n) is 9.05. The minimum atomic E-state index is -0.794. The summed E-state index contributed by atoms with van der Waals surface area (Å²) >= 11 is 5.97. The molecule has 156 valence electrons. The first-order chi connectivity index (χ1) is 14.4. The van der Waals surface area contributed by atoms with Crippen molar-refractivity contribution in [3.8, 4) is 11.5 Å². The number of hydrogen-bond acceptors (Lipinski definition) is 6. The highest BCUT2D eigenvalue weighted by molar-refractivity contribution is 6.31. The fourth-order valence-electron chi connectivity index (χ4n) is 2.80. The van der Waals surface area contributed by atoms with Gasteiger partial charge in [0.1, 0.15) is 23.9 Å². The van der Waals surface area contributed by atoms with E-state index >= 15 is 0 Å². The SMILES string of the molecule is COc1ccc(Cl)cc1/C(N)=N/OC(=O)c1ccc(COc2c(C)cccc2C)o1. The predicted octanol–water partition coefficient (Wildman–Crippen LogP) is 4.61. The van der Waals surface area contributed by atoms with E-state index in [4.69, 9.17) is 36.1 Å². The van der Waals surface area contributed by atoms with Crippen LogP contribution in [0.15, 0.2) is 58.1 Å². The Kier molecular flexibility index (Phi) is 6.64. The molecule has 0 aliphatic rings. The third-order valence-electron chi connectivity index (χ3n) is 4.29. The standard InChI is InChI=1S/C22H21ClN2O5/c1-13-5-4-6-14(2)20(13)28-12-16-8-10-19(29-16)22(26)30-25-21(24)17-11-15(23)7-9-18(17)27-3/h4-11H,12H2,1-3H3,(H2,24,25). The average molecular weight is 429 g/mol. The zero-order chi connectivity index (χ0) is 21.7. The van der Waals surface area contributed by atoms with Gasteiger partial charge in [-0.25, -0.2) is 4.79 Å². The van der Waals surface area contributed by atoms with Crippen LogP contribution in [0.1, 0.15) is 33.0 Å². The van der Waals surface area contributed by atoms with Gasteiger partial charge in [0.05, 0.1) is 12.7 Å². The molecule has 0 saturated carbocycles. The Labute approximate surface area is 179 Å². The number of rotatable bonds is 7. The van der Waals surface area contributed by atoms with Gasteiger partial charge in [-0.15, -0.1) is 0 Å². The Bertz CT molecular complexity index is 1070. The molecule has 30 heavy (non-hydrogen) atoms. The van der Waals surface area contributed by atoms with E-state index in [9.17, 15) is 4.79 Å². The fraction of sp³-hybridized carbons (Fsp3) is 0.182. The van der Waals surface area contributed by atoms with E-state index in [1.54, 1.807) is 24.3 Å². The van der Waals surface area contributed by atoms with Crippen molar-refractivity contribution in [2.75, 3.05) is 7.11 Å². The third kappa shape index (κ3) is 4.93. The van der Waals surface area contributed by atoms with Gasteiger partial charge in [-0.1, -0.05) is 35.0 Å². The van der Waals surface area contributed by atoms with Gasteiger partial charge in [-0.3, -0.25) is 0 Å². The van der Waals surface area contributed by atoms with Crippen molar-refractivity contribution in [3.05, 3.63) is 81.8 Å². The lowest BCUT2D eigenvalue weighted by atomic mass is 10.1. The zero-order valence-corrected chi connectivity index (χ0v) is 17.5. The van der Waals surface area contributed by atoms with Crippen LogP contribution in [0.3, 0.4) is 0 Å². The third-order valence-corrected chi connectivity index (χ3v) is 4.53. The quantitative estimate of drug-likeness (QED) is 0.255. The molecule has 1 heterocycles. The van der Waals surface area contributed by atoms with Crippen LogP contribution in [0.5, 0.6) is 11.5 Å². The number of nitrogens with zero attached hydrogens (tertiary/aromatic N) is 1. The molecule has 8 heteroatoms. The molecule has 2 N–H and O–H groups in total. The molecule has 0 atom stereocenters. The van der Waals surface area contributed by atoms with Gasteiger partial charge in [0.25, 0.3) is 0 Å². The van der Waals surface area contributed by atoms with Gasteiger partial charge in [-0.2, -0.15) is 0 Å². The molecule has 7 nitrogen and oxygen atoms in total. The van der Waals surface area contributed by atoms with Gasteiger partial charge in [0.15, 0.2) is 5.84 Å². The first-order valence-corrected chi connectivity index (χ1v) is 9.43. The van der Waals surface area contributed by atoms with Crippen LogP contribution in [0, 0.1) is 13.8 Å². The molecular formula is C22H21ClN2O5. The molecule has 0 aliphatic carbocycles. The monoisotopic (exact) mass is 428 g/mol. The number of furan rings is 1. The molecule has 0 saturated heterocycles. The number of nitrogens with two attached hydrogens (primary N) is 1. The maximum Gasteiger partial charge on any atom is 0.400 e. The molecule has 0 unspecified atom stereocenters. The molecule has 2 aromatic carbocycles. The summed E-state index contributed by atoms with van der Waals surface area (Å²) in [6.07, 6.45) is 0. The Morgan fingerprint density at radius 1 is 1.13 bits per heavy atom. The largest absolute Gasteiger partial charge is 0.496 e. The number of carbonyl (C=O) groups excluding carboxylic acids is 1. The minimum absolute atomic E-state index is 0.0234. The van der Waals surface area contributed by atoms with Crippen molar-refractivity contribution in [1.82, 2.24) is 0 Å². The maximum absolute atomic E-state index is 12.2. The van der Waals surface area contributed by atoms with Gasteiger partial charge in [0.2, 0.25) is 5.76 Å². The summed E-state index contributed by atoms with van der Waals surface area (Å²) < 4.78 is 16.5. The number of amidine groups is 1. The second-order valence-electron chi connectivity index (χ2n) is 6.48. The molecule has 0 aliphatic heterocycles. The van der Waals surface area contributed by atoms with Crippen LogP contribution in [-0.4, -0.2) is 18.9 Å². The number of para-hydroxylation sites is 1. The summed E-state index contributed by atoms with van der Waals surface area (Å²) in [4.78, 5) is 17.1. The van der Waals surface area contributed by atoms with Gasteiger partial charge in [0, 0.05) is 5.02 Å². The number of oxime groups is 1. The zero-order valence-electron chi connectivity index (χ0n) is 16.8. The van der Waals surface area contributed by atoms with Crippen LogP contribution in [0.25, 0.3) is 0 Å². The Morgan fingerprint density at radius 3 is 2.57 bits per heavy atom. The summed E-state index contributed by atoms with van der Waals surface area (Å²) in [5, 5.41) is 4.10. The van der Waals surface area contributed by atoms with Gasteiger partial charge in [-0.05, 0) is 55.3 Å². The number of benzene rings is 2. The van der Waals surface area contributed by atoms with E-state index in [1.807, 2.05) is 32.0 Å². The maximum atomic E-state index is 12.2. The van der Waals surface area contributed by atoms with Crippen molar-refractivity contribution < 1.29 is 23.5 Å². The highest BCUT2D eigenvalue weighted by Crippen LogP contribution is 2.24. The van der Waals surface area contributed by atoms with E-state index in [2.05, 4.69) is 5.16 Å². The number of methoxy groups -OCH3 is 1. The second-order valence-corrected chi connectivity index (χ2v) is 6.91. The van der Waals surface area contributed by atoms with Crippen LogP contribution in [-0.2, 0) is 11.4 Å². The Morgan fingerprint density at radius 2 is 1.87 bits per heavy atom. The highest BCUT2D eigenvalue weighted by atomic mass is 35.5. The molecule has 0 amide bonds. The van der Waals surface area contributed by atoms with Crippen molar-refractivity contribution in [1.29, 1.82) is 0 Å². The van der Waals surface area contributed by atoms with Crippen LogP contribution in [0.2, 0.25) is 5.02 Å². The molecule has 0 fully saturated rings. The molecule has 0 radical (unpaired) electrons. The number of hydrogen-bond donors (Lipinski definition) is 1. The van der Waals surface area contributed by atoms with Crippen molar-refractivity contribution in [2.24, 2.45) is 10.9 Å². The van der Waals surface area contributed by atoms with Gasteiger partial charge < -0.3 is 24.5 Å². The van der Waals surface area contributed by atoms with E-state index in [1.165, 1.54) is 13.2 Å². The normalized spacial score (nSPS) is 11.3. The fourth-order valence-corrected chi connectivity index (χ4v) is 2.97. The molecular weight excluding hydrogens is 408 g/mol. The lowest BCUT2D eigenvalue weighted by Crippen LogP contribution is -2.16. The van der Waals surface area contributed by atoms with Crippen molar-refractivity contribution in [2.45, 2.75) is 20.5 Å². The lowest BCUT2D eigenvalue weighted by molar-refractivity contribution is 0.0475. The van der Waals surface area contributed by atoms with Crippen LogP contribution in [0.4, 0.5) is 0 Å².